The van der Waals surface area contributed by atoms with E-state index >= 15 is 0 Å². The monoisotopic (exact) mass is 279 g/mol. The van der Waals surface area contributed by atoms with Crippen LogP contribution in [0.15, 0.2) is 24.3 Å². The lowest BCUT2D eigenvalue weighted by atomic mass is 10.1. The summed E-state index contributed by atoms with van der Waals surface area (Å²) in [6.45, 7) is 5.77. The minimum Gasteiger partial charge on any atom is -0.491 e. The molecule has 1 unspecified atom stereocenters. The molecule has 0 radical (unpaired) electrons. The van der Waals surface area contributed by atoms with Crippen LogP contribution in [0.4, 0.5) is 0 Å². The van der Waals surface area contributed by atoms with E-state index in [9.17, 15) is 9.59 Å². The van der Waals surface area contributed by atoms with Gasteiger partial charge in [-0.1, -0.05) is 6.92 Å². The van der Waals surface area contributed by atoms with Crippen LogP contribution in [-0.2, 0) is 4.79 Å². The van der Waals surface area contributed by atoms with E-state index < -0.39 is 11.9 Å². The van der Waals surface area contributed by atoms with Crippen LogP contribution < -0.4 is 10.1 Å². The van der Waals surface area contributed by atoms with Gasteiger partial charge < -0.3 is 15.2 Å². The second-order valence-corrected chi connectivity index (χ2v) is 4.84. The Bertz CT molecular complexity index is 453. The maximum absolute atomic E-state index is 11.9. The SMILES string of the molecule is CCC(CNC(=O)c1ccc(OC(C)C)cc1)C(=O)O. The summed E-state index contributed by atoms with van der Waals surface area (Å²) in [4.78, 5) is 22.7. The van der Waals surface area contributed by atoms with E-state index in [1.807, 2.05) is 13.8 Å². The number of carbonyl (C=O) groups excluding carboxylic acids is 1. The first-order chi connectivity index (χ1) is 9.43. The topological polar surface area (TPSA) is 75.6 Å². The average Bonchev–Trinajstić information content (AvgIpc) is 2.39. The molecule has 0 saturated heterocycles. The Morgan fingerprint density at radius 1 is 1.25 bits per heavy atom. The highest BCUT2D eigenvalue weighted by atomic mass is 16.5. The number of rotatable bonds is 7. The Balaban J connectivity index is 2.57. The van der Waals surface area contributed by atoms with Crippen LogP contribution in [0.5, 0.6) is 5.75 Å². The van der Waals surface area contributed by atoms with Gasteiger partial charge in [0.1, 0.15) is 5.75 Å². The van der Waals surface area contributed by atoms with Crippen molar-refractivity contribution in [1.82, 2.24) is 5.32 Å². The summed E-state index contributed by atoms with van der Waals surface area (Å²) in [7, 11) is 0. The minimum absolute atomic E-state index is 0.0792. The van der Waals surface area contributed by atoms with Gasteiger partial charge in [-0.2, -0.15) is 0 Å². The molecule has 5 heteroatoms. The van der Waals surface area contributed by atoms with Crippen molar-refractivity contribution in [2.75, 3.05) is 6.54 Å². The quantitative estimate of drug-likeness (QED) is 0.803. The molecule has 0 spiro atoms. The summed E-state index contributed by atoms with van der Waals surface area (Å²) >= 11 is 0. The Labute approximate surface area is 118 Å². The van der Waals surface area contributed by atoms with Gasteiger partial charge in [-0.05, 0) is 44.5 Å². The van der Waals surface area contributed by atoms with E-state index in [4.69, 9.17) is 9.84 Å². The molecule has 0 aliphatic rings. The van der Waals surface area contributed by atoms with Gasteiger partial charge in [0.2, 0.25) is 0 Å². The molecule has 2 N–H and O–H groups in total. The molecule has 20 heavy (non-hydrogen) atoms. The maximum atomic E-state index is 11.9. The Morgan fingerprint density at radius 2 is 1.85 bits per heavy atom. The van der Waals surface area contributed by atoms with Crippen molar-refractivity contribution in [2.45, 2.75) is 33.3 Å². The van der Waals surface area contributed by atoms with Gasteiger partial charge in [-0.3, -0.25) is 9.59 Å². The number of carboxylic acid groups (broad SMARTS) is 1. The lowest BCUT2D eigenvalue weighted by Gasteiger charge is -2.12. The van der Waals surface area contributed by atoms with Crippen molar-refractivity contribution in [3.8, 4) is 5.75 Å². The summed E-state index contributed by atoms with van der Waals surface area (Å²) in [6.07, 6.45) is 0.562. The number of nitrogens with one attached hydrogen (secondary N) is 1. The van der Waals surface area contributed by atoms with Crippen LogP contribution in [0.25, 0.3) is 0 Å². The summed E-state index contributed by atoms with van der Waals surface area (Å²) in [6, 6.07) is 6.77. The zero-order chi connectivity index (χ0) is 15.1. The lowest BCUT2D eigenvalue weighted by Crippen LogP contribution is -2.32. The average molecular weight is 279 g/mol. The van der Waals surface area contributed by atoms with Crippen LogP contribution in [-0.4, -0.2) is 29.6 Å². The third-order valence-electron chi connectivity index (χ3n) is 2.84. The molecule has 5 nitrogen and oxygen atoms in total. The Kier molecular flexibility index (Phi) is 6.03. The molecular formula is C15H21NO4. The lowest BCUT2D eigenvalue weighted by molar-refractivity contribution is -0.141. The third kappa shape index (κ3) is 4.91. The third-order valence-corrected chi connectivity index (χ3v) is 2.84. The van der Waals surface area contributed by atoms with Gasteiger partial charge in [0.05, 0.1) is 12.0 Å². The van der Waals surface area contributed by atoms with Gasteiger partial charge in [0, 0.05) is 12.1 Å². The molecule has 0 fully saturated rings. The van der Waals surface area contributed by atoms with E-state index in [-0.39, 0.29) is 18.6 Å². The fourth-order valence-electron chi connectivity index (χ4n) is 1.68. The molecule has 1 rings (SSSR count). The standard InChI is InChI=1S/C15H21NO4/c1-4-11(15(18)19)9-16-14(17)12-5-7-13(8-6-12)20-10(2)3/h5-8,10-11H,4,9H2,1-3H3,(H,16,17)(H,18,19). The molecule has 0 saturated carbocycles. The summed E-state index contributed by atoms with van der Waals surface area (Å²) in [5.41, 5.74) is 0.487. The van der Waals surface area contributed by atoms with E-state index in [2.05, 4.69) is 5.32 Å². The van der Waals surface area contributed by atoms with E-state index in [1.54, 1.807) is 31.2 Å². The predicted octanol–water partition coefficient (Wildman–Crippen LogP) is 2.31. The van der Waals surface area contributed by atoms with Crippen molar-refractivity contribution >= 4 is 11.9 Å². The van der Waals surface area contributed by atoms with Crippen LogP contribution >= 0.6 is 0 Å². The number of hydrogen-bond acceptors (Lipinski definition) is 3. The number of aliphatic carboxylic acids is 1. The number of hydrogen-bond donors (Lipinski definition) is 2. The largest absolute Gasteiger partial charge is 0.491 e. The summed E-state index contributed by atoms with van der Waals surface area (Å²) in [5.74, 6) is -1.02. The molecule has 1 aromatic carbocycles. The molecule has 110 valence electrons. The molecule has 1 aromatic rings. The van der Waals surface area contributed by atoms with Crippen LogP contribution in [0.2, 0.25) is 0 Å². The molecule has 1 atom stereocenters. The fraction of sp³-hybridized carbons (Fsp3) is 0.467. The molecule has 0 bridgehead atoms. The number of carbonyl (C=O) groups is 2. The molecule has 0 aliphatic heterocycles. The minimum atomic E-state index is -0.895. The van der Waals surface area contributed by atoms with Crippen molar-refractivity contribution in [3.05, 3.63) is 29.8 Å². The van der Waals surface area contributed by atoms with Crippen LogP contribution in [0.3, 0.4) is 0 Å². The molecule has 0 heterocycles. The highest BCUT2D eigenvalue weighted by molar-refractivity contribution is 5.94. The zero-order valence-corrected chi connectivity index (χ0v) is 12.1. The Morgan fingerprint density at radius 3 is 2.30 bits per heavy atom. The first-order valence-corrected chi connectivity index (χ1v) is 6.71. The van der Waals surface area contributed by atoms with E-state index in [0.717, 1.165) is 0 Å². The maximum Gasteiger partial charge on any atom is 0.308 e. The highest BCUT2D eigenvalue weighted by Gasteiger charge is 2.16. The first kappa shape index (κ1) is 16.0. The van der Waals surface area contributed by atoms with Crippen molar-refractivity contribution < 1.29 is 19.4 Å². The van der Waals surface area contributed by atoms with Gasteiger partial charge in [-0.15, -0.1) is 0 Å². The van der Waals surface area contributed by atoms with Gasteiger partial charge in [0.25, 0.3) is 5.91 Å². The Hall–Kier alpha value is -2.04. The summed E-state index contributed by atoms with van der Waals surface area (Å²) < 4.78 is 5.49. The van der Waals surface area contributed by atoms with Crippen molar-refractivity contribution in [1.29, 1.82) is 0 Å². The van der Waals surface area contributed by atoms with Crippen LogP contribution in [0.1, 0.15) is 37.6 Å². The number of ether oxygens (including phenoxy) is 1. The fourth-order valence-corrected chi connectivity index (χ4v) is 1.68. The van der Waals surface area contributed by atoms with E-state index in [0.29, 0.717) is 17.7 Å². The summed E-state index contributed by atoms with van der Waals surface area (Å²) in [5, 5.41) is 11.5. The highest BCUT2D eigenvalue weighted by Crippen LogP contribution is 2.14. The number of amides is 1. The first-order valence-electron chi connectivity index (χ1n) is 6.71. The molecule has 0 aliphatic carbocycles. The number of carboxylic acids is 1. The van der Waals surface area contributed by atoms with Crippen molar-refractivity contribution in [3.63, 3.8) is 0 Å². The van der Waals surface area contributed by atoms with Gasteiger partial charge in [-0.25, -0.2) is 0 Å². The van der Waals surface area contributed by atoms with Crippen molar-refractivity contribution in [2.24, 2.45) is 5.92 Å². The smallest absolute Gasteiger partial charge is 0.308 e. The second-order valence-electron chi connectivity index (χ2n) is 4.84. The molecule has 1 amide bonds. The van der Waals surface area contributed by atoms with E-state index in [1.165, 1.54) is 0 Å². The molecule has 0 aromatic heterocycles. The van der Waals surface area contributed by atoms with Crippen LogP contribution in [0, 0.1) is 5.92 Å². The van der Waals surface area contributed by atoms with Gasteiger partial charge >= 0.3 is 5.97 Å². The predicted molar refractivity (Wildman–Crippen MR) is 76.0 cm³/mol. The second kappa shape index (κ2) is 7.53. The van der Waals surface area contributed by atoms with Gasteiger partial charge in [0.15, 0.2) is 0 Å². The zero-order valence-electron chi connectivity index (χ0n) is 12.1. The molecular weight excluding hydrogens is 258 g/mol. The normalized spacial score (nSPS) is 12.0. The number of benzene rings is 1.